The Bertz CT molecular complexity index is 408. The average molecular weight is 273 g/mol. The van der Waals surface area contributed by atoms with E-state index in [4.69, 9.17) is 0 Å². The molecule has 0 atom stereocenters. The lowest BCUT2D eigenvalue weighted by atomic mass is 10.4. The first-order valence-corrected chi connectivity index (χ1v) is 4.88. The number of fused-ring (bicyclic) bond motifs is 1. The van der Waals surface area contributed by atoms with Crippen LogP contribution in [0.3, 0.4) is 0 Å². The molecule has 2 aromatic rings. The normalized spacial score (nSPS) is 10.8. The minimum absolute atomic E-state index is 0.872. The molecule has 0 amide bonds. The standard InChI is InChI=1S/C8H8IN3/c1-2-12-8-6(7(9)11-12)4-3-5-10-8/h3-5H,2H2,1H3. The molecule has 0 saturated heterocycles. The van der Waals surface area contributed by atoms with Crippen LogP contribution in [0.15, 0.2) is 18.3 Å². The second kappa shape index (κ2) is 3.01. The van der Waals surface area contributed by atoms with E-state index in [0.29, 0.717) is 0 Å². The zero-order chi connectivity index (χ0) is 8.55. The first-order chi connectivity index (χ1) is 5.83. The molecule has 0 bridgehead atoms. The van der Waals surface area contributed by atoms with E-state index < -0.39 is 0 Å². The van der Waals surface area contributed by atoms with Gasteiger partial charge in [-0.3, -0.25) is 0 Å². The maximum Gasteiger partial charge on any atom is 0.158 e. The summed E-state index contributed by atoms with van der Waals surface area (Å²) >= 11 is 2.23. The highest BCUT2D eigenvalue weighted by atomic mass is 127. The van der Waals surface area contributed by atoms with E-state index in [-0.39, 0.29) is 0 Å². The molecule has 62 valence electrons. The van der Waals surface area contributed by atoms with Gasteiger partial charge in [0.1, 0.15) is 3.70 Å². The molecule has 0 aliphatic rings. The van der Waals surface area contributed by atoms with Gasteiger partial charge in [-0.15, -0.1) is 0 Å². The third-order valence-electron chi connectivity index (χ3n) is 1.76. The molecule has 4 heteroatoms. The maximum atomic E-state index is 4.35. The van der Waals surface area contributed by atoms with E-state index in [9.17, 15) is 0 Å². The highest BCUT2D eigenvalue weighted by Crippen LogP contribution is 2.17. The van der Waals surface area contributed by atoms with Crippen molar-refractivity contribution in [3.05, 3.63) is 22.0 Å². The van der Waals surface area contributed by atoms with Gasteiger partial charge in [0.25, 0.3) is 0 Å². The number of hydrogen-bond donors (Lipinski definition) is 0. The molecule has 0 fully saturated rings. The summed E-state index contributed by atoms with van der Waals surface area (Å²) in [5.74, 6) is 0. The fraction of sp³-hybridized carbons (Fsp3) is 0.250. The Morgan fingerprint density at radius 1 is 1.58 bits per heavy atom. The lowest BCUT2D eigenvalue weighted by molar-refractivity contribution is 0.671. The van der Waals surface area contributed by atoms with Crippen LogP contribution in [-0.4, -0.2) is 14.8 Å². The Labute approximate surface area is 83.9 Å². The molecule has 2 heterocycles. The van der Waals surface area contributed by atoms with Crippen molar-refractivity contribution in [1.82, 2.24) is 14.8 Å². The summed E-state index contributed by atoms with van der Waals surface area (Å²) in [4.78, 5) is 4.27. The molecule has 3 nitrogen and oxygen atoms in total. The van der Waals surface area contributed by atoms with E-state index in [1.54, 1.807) is 6.20 Å². The van der Waals surface area contributed by atoms with Crippen molar-refractivity contribution in [2.45, 2.75) is 13.5 Å². The average Bonchev–Trinajstić information content (AvgIpc) is 2.44. The van der Waals surface area contributed by atoms with E-state index >= 15 is 0 Å². The van der Waals surface area contributed by atoms with Crippen LogP contribution in [0.4, 0.5) is 0 Å². The van der Waals surface area contributed by atoms with E-state index in [1.165, 1.54) is 0 Å². The topological polar surface area (TPSA) is 30.7 Å². The van der Waals surface area contributed by atoms with Crippen molar-refractivity contribution in [2.75, 3.05) is 0 Å². The zero-order valence-corrected chi connectivity index (χ0v) is 8.82. The fourth-order valence-electron chi connectivity index (χ4n) is 1.19. The summed E-state index contributed by atoms with van der Waals surface area (Å²) in [7, 11) is 0. The number of rotatable bonds is 1. The first-order valence-electron chi connectivity index (χ1n) is 3.80. The Morgan fingerprint density at radius 3 is 3.17 bits per heavy atom. The summed E-state index contributed by atoms with van der Waals surface area (Å²) in [6, 6.07) is 3.98. The number of aromatic nitrogens is 3. The van der Waals surface area contributed by atoms with Crippen LogP contribution < -0.4 is 0 Å². The Morgan fingerprint density at radius 2 is 2.42 bits per heavy atom. The van der Waals surface area contributed by atoms with E-state index in [0.717, 1.165) is 21.3 Å². The fourth-order valence-corrected chi connectivity index (χ4v) is 1.87. The summed E-state index contributed by atoms with van der Waals surface area (Å²) in [6.07, 6.45) is 1.80. The Hall–Kier alpha value is -0.650. The van der Waals surface area contributed by atoms with Crippen molar-refractivity contribution >= 4 is 33.6 Å². The minimum Gasteiger partial charge on any atom is -0.247 e. The molecular weight excluding hydrogens is 265 g/mol. The van der Waals surface area contributed by atoms with Crippen molar-refractivity contribution < 1.29 is 0 Å². The molecule has 0 aliphatic heterocycles. The number of pyridine rings is 1. The molecule has 0 aromatic carbocycles. The maximum absolute atomic E-state index is 4.35. The number of halogens is 1. The minimum atomic E-state index is 0.872. The Kier molecular flexibility index (Phi) is 2.00. The van der Waals surface area contributed by atoms with Crippen molar-refractivity contribution in [2.24, 2.45) is 0 Å². The van der Waals surface area contributed by atoms with Gasteiger partial charge >= 0.3 is 0 Å². The first kappa shape index (κ1) is 7.97. The second-order valence-corrected chi connectivity index (χ2v) is 3.50. The third-order valence-corrected chi connectivity index (χ3v) is 2.56. The van der Waals surface area contributed by atoms with E-state index in [1.807, 2.05) is 16.8 Å². The zero-order valence-electron chi connectivity index (χ0n) is 6.66. The quantitative estimate of drug-likeness (QED) is 0.744. The summed E-state index contributed by atoms with van der Waals surface area (Å²) < 4.78 is 2.94. The van der Waals surface area contributed by atoms with Gasteiger partial charge in [-0.05, 0) is 41.6 Å². The highest BCUT2D eigenvalue weighted by molar-refractivity contribution is 14.1. The van der Waals surface area contributed by atoms with Crippen molar-refractivity contribution in [3.8, 4) is 0 Å². The van der Waals surface area contributed by atoms with Gasteiger partial charge in [0, 0.05) is 12.7 Å². The summed E-state index contributed by atoms with van der Waals surface area (Å²) in [6.45, 7) is 2.94. The van der Waals surface area contributed by atoms with Gasteiger partial charge in [-0.25, -0.2) is 9.67 Å². The molecule has 0 aliphatic carbocycles. The van der Waals surface area contributed by atoms with Crippen LogP contribution in [0.25, 0.3) is 11.0 Å². The van der Waals surface area contributed by atoms with E-state index in [2.05, 4.69) is 39.6 Å². The molecule has 0 radical (unpaired) electrons. The Balaban J connectivity index is 2.82. The lowest BCUT2D eigenvalue weighted by Crippen LogP contribution is -1.96. The SMILES string of the molecule is CCn1nc(I)c2cccnc21. The molecule has 2 rings (SSSR count). The largest absolute Gasteiger partial charge is 0.247 e. The molecule has 0 unspecified atom stereocenters. The predicted octanol–water partition coefficient (Wildman–Crippen LogP) is 2.06. The molecule has 0 spiro atoms. The van der Waals surface area contributed by atoms with Gasteiger partial charge < -0.3 is 0 Å². The van der Waals surface area contributed by atoms with Gasteiger partial charge in [0.05, 0.1) is 5.39 Å². The van der Waals surface area contributed by atoms with Crippen LogP contribution in [0.5, 0.6) is 0 Å². The van der Waals surface area contributed by atoms with Gasteiger partial charge in [0.2, 0.25) is 0 Å². The van der Waals surface area contributed by atoms with Crippen LogP contribution in [0.1, 0.15) is 6.92 Å². The smallest absolute Gasteiger partial charge is 0.158 e. The number of aryl methyl sites for hydroxylation is 1. The lowest BCUT2D eigenvalue weighted by Gasteiger charge is -1.94. The molecule has 0 N–H and O–H groups in total. The highest BCUT2D eigenvalue weighted by Gasteiger charge is 2.05. The molecular formula is C8H8IN3. The number of nitrogens with zero attached hydrogens (tertiary/aromatic N) is 3. The molecule has 0 saturated carbocycles. The summed E-state index contributed by atoms with van der Waals surface area (Å²) in [5.41, 5.74) is 0.976. The monoisotopic (exact) mass is 273 g/mol. The third kappa shape index (κ3) is 1.10. The van der Waals surface area contributed by atoms with Crippen LogP contribution in [0.2, 0.25) is 0 Å². The molecule has 12 heavy (non-hydrogen) atoms. The van der Waals surface area contributed by atoms with Gasteiger partial charge in [0.15, 0.2) is 5.65 Å². The van der Waals surface area contributed by atoms with Gasteiger partial charge in [-0.1, -0.05) is 0 Å². The van der Waals surface area contributed by atoms with Crippen molar-refractivity contribution in [3.63, 3.8) is 0 Å². The second-order valence-electron chi connectivity index (χ2n) is 2.48. The van der Waals surface area contributed by atoms with Gasteiger partial charge in [-0.2, -0.15) is 5.10 Å². The van der Waals surface area contributed by atoms with Crippen molar-refractivity contribution in [1.29, 1.82) is 0 Å². The van der Waals surface area contributed by atoms with Crippen LogP contribution in [0, 0.1) is 3.70 Å². The van der Waals surface area contributed by atoms with Crippen LogP contribution >= 0.6 is 22.6 Å². The predicted molar refractivity (Wildman–Crippen MR) is 55.9 cm³/mol. The van der Waals surface area contributed by atoms with Crippen LogP contribution in [-0.2, 0) is 6.54 Å². The number of hydrogen-bond acceptors (Lipinski definition) is 2. The molecule has 2 aromatic heterocycles. The summed E-state index contributed by atoms with van der Waals surface area (Å²) in [5, 5.41) is 5.49.